The molecule has 1 aliphatic rings. The summed E-state index contributed by atoms with van der Waals surface area (Å²) in [6, 6.07) is 5.84. The van der Waals surface area contributed by atoms with Gasteiger partial charge in [0.25, 0.3) is 0 Å². The molecular formula is C16H26FN3. The Balaban J connectivity index is 2.25. The van der Waals surface area contributed by atoms with Gasteiger partial charge in [-0.2, -0.15) is 0 Å². The largest absolute Gasteiger partial charge is 0.365 e. The van der Waals surface area contributed by atoms with Gasteiger partial charge in [0.1, 0.15) is 5.82 Å². The van der Waals surface area contributed by atoms with Gasteiger partial charge in [0.15, 0.2) is 0 Å². The van der Waals surface area contributed by atoms with E-state index in [1.54, 1.807) is 6.07 Å². The second kappa shape index (κ2) is 7.04. The standard InChI is InChI=1S/C16H26FN3/c1-4-18-11-13-7-5-9-15(17)16(13)20-10-6-8-14(20)12-19(2)3/h5,7,9,14,18H,4,6,8,10-12H2,1-3H3. The molecule has 1 aliphatic heterocycles. The molecule has 1 aromatic carbocycles. The minimum absolute atomic E-state index is 0.0916. The Labute approximate surface area is 121 Å². The lowest BCUT2D eigenvalue weighted by atomic mass is 10.1. The van der Waals surface area contributed by atoms with Gasteiger partial charge in [0.05, 0.1) is 5.69 Å². The fourth-order valence-corrected chi connectivity index (χ4v) is 3.03. The van der Waals surface area contributed by atoms with Crippen LogP contribution in [0.5, 0.6) is 0 Å². The lowest BCUT2D eigenvalue weighted by Crippen LogP contribution is -2.38. The zero-order chi connectivity index (χ0) is 14.5. The first-order chi connectivity index (χ1) is 9.63. The molecule has 1 N–H and O–H groups in total. The highest BCUT2D eigenvalue weighted by Crippen LogP contribution is 2.31. The van der Waals surface area contributed by atoms with E-state index < -0.39 is 0 Å². The highest BCUT2D eigenvalue weighted by atomic mass is 19.1. The summed E-state index contributed by atoms with van der Waals surface area (Å²) in [5, 5.41) is 3.31. The van der Waals surface area contributed by atoms with E-state index in [0.717, 1.165) is 50.3 Å². The molecule has 3 nitrogen and oxygen atoms in total. The first-order valence-corrected chi connectivity index (χ1v) is 7.53. The van der Waals surface area contributed by atoms with Crippen LogP contribution in [0.2, 0.25) is 0 Å². The van der Waals surface area contributed by atoms with Crippen molar-refractivity contribution in [1.29, 1.82) is 0 Å². The van der Waals surface area contributed by atoms with Gasteiger partial charge in [-0.3, -0.25) is 0 Å². The average Bonchev–Trinajstić information content (AvgIpc) is 2.83. The second-order valence-electron chi connectivity index (χ2n) is 5.78. The molecule has 0 radical (unpaired) electrons. The predicted molar refractivity (Wildman–Crippen MR) is 82.7 cm³/mol. The summed E-state index contributed by atoms with van der Waals surface area (Å²) in [6.07, 6.45) is 2.29. The number of benzene rings is 1. The Morgan fingerprint density at radius 2 is 2.20 bits per heavy atom. The van der Waals surface area contributed by atoms with Crippen LogP contribution in [0.3, 0.4) is 0 Å². The fourth-order valence-electron chi connectivity index (χ4n) is 3.03. The number of para-hydroxylation sites is 1. The van der Waals surface area contributed by atoms with E-state index in [2.05, 4.69) is 36.1 Å². The van der Waals surface area contributed by atoms with Gasteiger partial charge in [-0.25, -0.2) is 4.39 Å². The topological polar surface area (TPSA) is 18.5 Å². The molecule has 2 rings (SSSR count). The fraction of sp³-hybridized carbons (Fsp3) is 0.625. The highest BCUT2D eigenvalue weighted by Gasteiger charge is 2.28. The molecule has 1 atom stereocenters. The molecule has 1 heterocycles. The number of hydrogen-bond donors (Lipinski definition) is 1. The molecule has 0 amide bonds. The zero-order valence-corrected chi connectivity index (χ0v) is 12.8. The van der Waals surface area contributed by atoms with Crippen molar-refractivity contribution in [3.8, 4) is 0 Å². The van der Waals surface area contributed by atoms with Crippen molar-refractivity contribution in [2.75, 3.05) is 38.6 Å². The van der Waals surface area contributed by atoms with Gasteiger partial charge in [-0.15, -0.1) is 0 Å². The SMILES string of the molecule is CCNCc1cccc(F)c1N1CCCC1CN(C)C. The summed E-state index contributed by atoms with van der Waals surface area (Å²) in [6.45, 7) is 5.64. The maximum absolute atomic E-state index is 14.4. The normalized spacial score (nSPS) is 19.1. The van der Waals surface area contributed by atoms with Crippen LogP contribution >= 0.6 is 0 Å². The number of likely N-dealkylation sites (N-methyl/N-ethyl adjacent to an activating group) is 1. The first kappa shape index (κ1) is 15.3. The Morgan fingerprint density at radius 1 is 1.40 bits per heavy atom. The third kappa shape index (κ3) is 3.49. The molecule has 1 aromatic rings. The van der Waals surface area contributed by atoms with Gasteiger partial charge in [-0.1, -0.05) is 19.1 Å². The van der Waals surface area contributed by atoms with Crippen LogP contribution in [-0.4, -0.2) is 44.7 Å². The maximum Gasteiger partial charge on any atom is 0.146 e. The number of halogens is 1. The van der Waals surface area contributed by atoms with Crippen molar-refractivity contribution in [2.24, 2.45) is 0 Å². The number of anilines is 1. The van der Waals surface area contributed by atoms with Gasteiger partial charge >= 0.3 is 0 Å². The van der Waals surface area contributed by atoms with Crippen LogP contribution < -0.4 is 10.2 Å². The summed E-state index contributed by atoms with van der Waals surface area (Å²) in [7, 11) is 4.16. The van der Waals surface area contributed by atoms with E-state index in [1.807, 2.05) is 12.1 Å². The molecule has 0 aromatic heterocycles. The second-order valence-corrected chi connectivity index (χ2v) is 5.78. The van der Waals surface area contributed by atoms with E-state index in [0.29, 0.717) is 6.04 Å². The van der Waals surface area contributed by atoms with E-state index in [4.69, 9.17) is 0 Å². The quantitative estimate of drug-likeness (QED) is 0.863. The van der Waals surface area contributed by atoms with Gasteiger partial charge in [0.2, 0.25) is 0 Å². The molecule has 1 fully saturated rings. The van der Waals surface area contributed by atoms with Crippen LogP contribution in [0.15, 0.2) is 18.2 Å². The summed E-state index contributed by atoms with van der Waals surface area (Å²) in [5.41, 5.74) is 1.87. The summed E-state index contributed by atoms with van der Waals surface area (Å²) >= 11 is 0. The first-order valence-electron chi connectivity index (χ1n) is 7.53. The molecule has 1 unspecified atom stereocenters. The van der Waals surface area contributed by atoms with Crippen LogP contribution in [0, 0.1) is 5.82 Å². The monoisotopic (exact) mass is 279 g/mol. The number of hydrogen-bond acceptors (Lipinski definition) is 3. The average molecular weight is 279 g/mol. The van der Waals surface area contributed by atoms with Crippen LogP contribution in [-0.2, 0) is 6.54 Å². The molecule has 4 heteroatoms. The number of nitrogens with zero attached hydrogens (tertiary/aromatic N) is 2. The summed E-state index contributed by atoms with van der Waals surface area (Å²) in [4.78, 5) is 4.45. The lowest BCUT2D eigenvalue weighted by molar-refractivity contribution is 0.371. The Morgan fingerprint density at radius 3 is 2.90 bits per heavy atom. The molecular weight excluding hydrogens is 253 g/mol. The minimum Gasteiger partial charge on any atom is -0.365 e. The summed E-state index contributed by atoms with van der Waals surface area (Å²) < 4.78 is 14.4. The van der Waals surface area contributed by atoms with Crippen molar-refractivity contribution in [1.82, 2.24) is 10.2 Å². The molecule has 0 aliphatic carbocycles. The number of rotatable bonds is 6. The molecule has 0 spiro atoms. The molecule has 112 valence electrons. The smallest absolute Gasteiger partial charge is 0.146 e. The minimum atomic E-state index is -0.0916. The van der Waals surface area contributed by atoms with Crippen molar-refractivity contribution < 1.29 is 4.39 Å². The van der Waals surface area contributed by atoms with Crippen molar-refractivity contribution in [2.45, 2.75) is 32.4 Å². The Hall–Kier alpha value is -1.13. The highest BCUT2D eigenvalue weighted by molar-refractivity contribution is 5.56. The molecule has 20 heavy (non-hydrogen) atoms. The van der Waals surface area contributed by atoms with Crippen molar-refractivity contribution in [3.63, 3.8) is 0 Å². The van der Waals surface area contributed by atoms with Gasteiger partial charge in [-0.05, 0) is 45.1 Å². The van der Waals surface area contributed by atoms with Gasteiger partial charge in [0, 0.05) is 25.7 Å². The van der Waals surface area contributed by atoms with E-state index >= 15 is 0 Å². The van der Waals surface area contributed by atoms with E-state index in [9.17, 15) is 4.39 Å². The maximum atomic E-state index is 14.4. The molecule has 0 saturated carbocycles. The Bertz CT molecular complexity index is 434. The third-order valence-corrected chi connectivity index (χ3v) is 3.88. The third-order valence-electron chi connectivity index (χ3n) is 3.88. The van der Waals surface area contributed by atoms with E-state index in [1.165, 1.54) is 0 Å². The van der Waals surface area contributed by atoms with Crippen LogP contribution in [0.1, 0.15) is 25.3 Å². The molecule has 1 saturated heterocycles. The number of nitrogens with one attached hydrogen (secondary N) is 1. The zero-order valence-electron chi connectivity index (χ0n) is 12.8. The lowest BCUT2D eigenvalue weighted by Gasteiger charge is -2.31. The summed E-state index contributed by atoms with van der Waals surface area (Å²) in [5.74, 6) is -0.0916. The molecule has 0 bridgehead atoms. The van der Waals surface area contributed by atoms with E-state index in [-0.39, 0.29) is 5.82 Å². The Kier molecular flexibility index (Phi) is 5.38. The van der Waals surface area contributed by atoms with Crippen LogP contribution in [0.4, 0.5) is 10.1 Å². The van der Waals surface area contributed by atoms with Crippen molar-refractivity contribution >= 4 is 5.69 Å². The van der Waals surface area contributed by atoms with Crippen molar-refractivity contribution in [3.05, 3.63) is 29.6 Å². The van der Waals surface area contributed by atoms with Gasteiger partial charge < -0.3 is 15.1 Å². The van der Waals surface area contributed by atoms with Crippen LogP contribution in [0.25, 0.3) is 0 Å². The predicted octanol–water partition coefficient (Wildman–Crippen LogP) is 2.47.